The van der Waals surface area contributed by atoms with Gasteiger partial charge in [-0.25, -0.2) is 0 Å². The second kappa shape index (κ2) is 6.32. The summed E-state index contributed by atoms with van der Waals surface area (Å²) in [5, 5.41) is 3.55. The summed E-state index contributed by atoms with van der Waals surface area (Å²) >= 11 is 0. The molecule has 2 rings (SSSR count). The van der Waals surface area contributed by atoms with Crippen molar-refractivity contribution in [3.05, 3.63) is 35.4 Å². The zero-order chi connectivity index (χ0) is 13.0. The Labute approximate surface area is 110 Å². The average Bonchev–Trinajstić information content (AvgIpc) is 2.39. The number of hydrogen-bond acceptors (Lipinski definition) is 3. The third-order valence-electron chi connectivity index (χ3n) is 3.81. The summed E-state index contributed by atoms with van der Waals surface area (Å²) < 4.78 is 0. The standard InChI is InChI=1S/C15H25N3/c1-3-12-4-6-13(7-5-12)15(16)10-14-11-18(2)9-8-17-14/h4-7,14-15,17H,3,8-11,16H2,1-2H3. The smallest absolute Gasteiger partial charge is 0.0310 e. The van der Waals surface area contributed by atoms with Crippen LogP contribution in [0.25, 0.3) is 0 Å². The highest BCUT2D eigenvalue weighted by Crippen LogP contribution is 2.18. The van der Waals surface area contributed by atoms with Crippen LogP contribution in [0.4, 0.5) is 0 Å². The van der Waals surface area contributed by atoms with Crippen LogP contribution in [0, 0.1) is 0 Å². The predicted octanol–water partition coefficient (Wildman–Crippen LogP) is 1.54. The number of rotatable bonds is 4. The van der Waals surface area contributed by atoms with Crippen LogP contribution in [-0.4, -0.2) is 37.6 Å². The Bertz CT molecular complexity index is 361. The van der Waals surface area contributed by atoms with Gasteiger partial charge in [0.05, 0.1) is 0 Å². The first kappa shape index (κ1) is 13.5. The number of aryl methyl sites for hydroxylation is 1. The van der Waals surface area contributed by atoms with Crippen LogP contribution in [0.3, 0.4) is 0 Å². The lowest BCUT2D eigenvalue weighted by Gasteiger charge is -2.32. The van der Waals surface area contributed by atoms with Gasteiger partial charge < -0.3 is 16.0 Å². The van der Waals surface area contributed by atoms with Gasteiger partial charge in [-0.2, -0.15) is 0 Å². The highest BCUT2D eigenvalue weighted by atomic mass is 15.2. The van der Waals surface area contributed by atoms with Gasteiger partial charge in [-0.3, -0.25) is 0 Å². The van der Waals surface area contributed by atoms with E-state index in [2.05, 4.69) is 48.5 Å². The topological polar surface area (TPSA) is 41.3 Å². The van der Waals surface area contributed by atoms with E-state index in [-0.39, 0.29) is 6.04 Å². The van der Waals surface area contributed by atoms with Crippen molar-refractivity contribution < 1.29 is 0 Å². The molecule has 0 aromatic heterocycles. The maximum atomic E-state index is 6.30. The van der Waals surface area contributed by atoms with Crippen molar-refractivity contribution in [3.63, 3.8) is 0 Å². The van der Waals surface area contributed by atoms with Gasteiger partial charge in [0.2, 0.25) is 0 Å². The first-order chi connectivity index (χ1) is 8.69. The lowest BCUT2D eigenvalue weighted by molar-refractivity contribution is 0.226. The van der Waals surface area contributed by atoms with E-state index in [1.165, 1.54) is 11.1 Å². The first-order valence-corrected chi connectivity index (χ1v) is 6.95. The number of likely N-dealkylation sites (N-methyl/N-ethyl adjacent to an activating group) is 1. The number of nitrogens with two attached hydrogens (primary N) is 1. The molecule has 1 aromatic rings. The number of benzene rings is 1. The molecule has 18 heavy (non-hydrogen) atoms. The first-order valence-electron chi connectivity index (χ1n) is 6.95. The molecule has 1 aromatic carbocycles. The summed E-state index contributed by atoms with van der Waals surface area (Å²) in [6.07, 6.45) is 2.10. The third-order valence-corrected chi connectivity index (χ3v) is 3.81. The van der Waals surface area contributed by atoms with E-state index in [0.717, 1.165) is 32.5 Å². The Morgan fingerprint density at radius 1 is 1.39 bits per heavy atom. The van der Waals surface area contributed by atoms with Crippen LogP contribution in [0.2, 0.25) is 0 Å². The Kier molecular flexibility index (Phi) is 4.75. The van der Waals surface area contributed by atoms with E-state index < -0.39 is 0 Å². The molecule has 3 nitrogen and oxygen atoms in total. The third kappa shape index (κ3) is 3.55. The monoisotopic (exact) mass is 247 g/mol. The van der Waals surface area contributed by atoms with Crippen LogP contribution in [0.15, 0.2) is 24.3 Å². The van der Waals surface area contributed by atoms with Crippen molar-refractivity contribution in [2.75, 3.05) is 26.7 Å². The summed E-state index contributed by atoms with van der Waals surface area (Å²) in [4.78, 5) is 2.37. The molecular weight excluding hydrogens is 222 g/mol. The van der Waals surface area contributed by atoms with E-state index in [1.807, 2.05) is 0 Å². The second-order valence-electron chi connectivity index (χ2n) is 5.35. The molecule has 3 heteroatoms. The molecule has 1 aliphatic heterocycles. The van der Waals surface area contributed by atoms with E-state index >= 15 is 0 Å². The largest absolute Gasteiger partial charge is 0.324 e. The predicted molar refractivity (Wildman–Crippen MR) is 76.7 cm³/mol. The Morgan fingerprint density at radius 3 is 2.72 bits per heavy atom. The molecule has 0 spiro atoms. The van der Waals surface area contributed by atoms with Crippen molar-refractivity contribution in [3.8, 4) is 0 Å². The summed E-state index contributed by atoms with van der Waals surface area (Å²) in [6, 6.07) is 9.39. The van der Waals surface area contributed by atoms with Crippen LogP contribution in [-0.2, 0) is 6.42 Å². The molecule has 1 heterocycles. The minimum atomic E-state index is 0.139. The fourth-order valence-electron chi connectivity index (χ4n) is 2.59. The second-order valence-corrected chi connectivity index (χ2v) is 5.35. The fraction of sp³-hybridized carbons (Fsp3) is 0.600. The van der Waals surface area contributed by atoms with Crippen LogP contribution < -0.4 is 11.1 Å². The van der Waals surface area contributed by atoms with Gasteiger partial charge in [-0.05, 0) is 31.0 Å². The van der Waals surface area contributed by atoms with Gasteiger partial charge in [0.15, 0.2) is 0 Å². The van der Waals surface area contributed by atoms with E-state index in [4.69, 9.17) is 5.73 Å². The summed E-state index contributed by atoms with van der Waals surface area (Å²) in [5.41, 5.74) is 8.93. The van der Waals surface area contributed by atoms with E-state index in [1.54, 1.807) is 0 Å². The molecule has 2 atom stereocenters. The molecular formula is C15H25N3. The van der Waals surface area contributed by atoms with Crippen LogP contribution in [0.5, 0.6) is 0 Å². The molecule has 1 aliphatic rings. The number of hydrogen-bond donors (Lipinski definition) is 2. The summed E-state index contributed by atoms with van der Waals surface area (Å²) in [5.74, 6) is 0. The molecule has 0 radical (unpaired) electrons. The summed E-state index contributed by atoms with van der Waals surface area (Å²) in [6.45, 7) is 5.48. The van der Waals surface area contributed by atoms with Gasteiger partial charge in [-0.1, -0.05) is 31.2 Å². The highest BCUT2D eigenvalue weighted by Gasteiger charge is 2.19. The van der Waals surface area contributed by atoms with Gasteiger partial charge in [0.1, 0.15) is 0 Å². The summed E-state index contributed by atoms with van der Waals surface area (Å²) in [7, 11) is 2.18. The minimum Gasteiger partial charge on any atom is -0.324 e. The normalized spacial score (nSPS) is 22.9. The van der Waals surface area contributed by atoms with Crippen molar-refractivity contribution >= 4 is 0 Å². The molecule has 1 fully saturated rings. The molecule has 1 saturated heterocycles. The molecule has 0 saturated carbocycles. The van der Waals surface area contributed by atoms with Crippen molar-refractivity contribution in [1.29, 1.82) is 0 Å². The molecule has 2 unspecified atom stereocenters. The van der Waals surface area contributed by atoms with Crippen molar-refractivity contribution in [1.82, 2.24) is 10.2 Å². The average molecular weight is 247 g/mol. The molecule has 0 amide bonds. The van der Waals surface area contributed by atoms with Gasteiger partial charge >= 0.3 is 0 Å². The zero-order valence-corrected chi connectivity index (χ0v) is 11.5. The number of piperazine rings is 1. The Morgan fingerprint density at radius 2 is 2.11 bits per heavy atom. The zero-order valence-electron chi connectivity index (χ0n) is 11.5. The Balaban J connectivity index is 1.91. The van der Waals surface area contributed by atoms with Gasteiger partial charge in [-0.15, -0.1) is 0 Å². The fourth-order valence-corrected chi connectivity index (χ4v) is 2.59. The van der Waals surface area contributed by atoms with E-state index in [0.29, 0.717) is 6.04 Å². The molecule has 100 valence electrons. The molecule has 0 aliphatic carbocycles. The van der Waals surface area contributed by atoms with Crippen LogP contribution >= 0.6 is 0 Å². The maximum Gasteiger partial charge on any atom is 0.0310 e. The number of nitrogens with one attached hydrogen (secondary N) is 1. The lowest BCUT2D eigenvalue weighted by atomic mass is 9.97. The molecule has 3 N–H and O–H groups in total. The minimum absolute atomic E-state index is 0.139. The number of nitrogens with zero attached hydrogens (tertiary/aromatic N) is 1. The SMILES string of the molecule is CCc1ccc(C(N)CC2CN(C)CCN2)cc1. The molecule has 0 bridgehead atoms. The van der Waals surface area contributed by atoms with Crippen LogP contribution in [0.1, 0.15) is 30.5 Å². The van der Waals surface area contributed by atoms with Crippen molar-refractivity contribution in [2.45, 2.75) is 31.8 Å². The maximum absolute atomic E-state index is 6.30. The lowest BCUT2D eigenvalue weighted by Crippen LogP contribution is -2.49. The Hall–Kier alpha value is -0.900. The quantitative estimate of drug-likeness (QED) is 0.848. The van der Waals surface area contributed by atoms with Crippen molar-refractivity contribution in [2.24, 2.45) is 5.73 Å². The van der Waals surface area contributed by atoms with E-state index in [9.17, 15) is 0 Å². The highest BCUT2D eigenvalue weighted by molar-refractivity contribution is 5.25. The van der Waals surface area contributed by atoms with Gasteiger partial charge in [0, 0.05) is 31.7 Å². The van der Waals surface area contributed by atoms with Gasteiger partial charge in [0.25, 0.3) is 0 Å².